The molecule has 0 unspecified atom stereocenters. The minimum Gasteiger partial charge on any atom is -0.492 e. The smallest absolute Gasteiger partial charge is 0.206 e. The zero-order valence-electron chi connectivity index (χ0n) is 9.86. The summed E-state index contributed by atoms with van der Waals surface area (Å²) in [6.07, 6.45) is 1.21. The van der Waals surface area contributed by atoms with Crippen LogP contribution in [0.3, 0.4) is 0 Å². The molecule has 0 fully saturated rings. The van der Waals surface area contributed by atoms with E-state index in [2.05, 4.69) is 20.7 Å². The summed E-state index contributed by atoms with van der Waals surface area (Å²) < 4.78 is 10.1. The molecule has 0 aromatic carbocycles. The third-order valence-electron chi connectivity index (χ3n) is 2.02. The van der Waals surface area contributed by atoms with Crippen LogP contribution >= 0.6 is 15.9 Å². The average molecular weight is 315 g/mol. The molecule has 0 atom stereocenters. The maximum Gasteiger partial charge on any atom is 0.206 e. The van der Waals surface area contributed by atoms with Gasteiger partial charge in [0.05, 0.1) is 11.8 Å². The summed E-state index contributed by atoms with van der Waals surface area (Å²) in [4.78, 5) is 31.6. The minimum absolute atomic E-state index is 0.0227. The van der Waals surface area contributed by atoms with Gasteiger partial charge in [0.2, 0.25) is 5.78 Å². The molecule has 18 heavy (non-hydrogen) atoms. The van der Waals surface area contributed by atoms with E-state index in [9.17, 15) is 14.4 Å². The van der Waals surface area contributed by atoms with E-state index in [1.54, 1.807) is 12.1 Å². The van der Waals surface area contributed by atoms with Crippen molar-refractivity contribution in [1.82, 2.24) is 0 Å². The lowest BCUT2D eigenvalue weighted by Crippen LogP contribution is -2.07. The maximum absolute atomic E-state index is 10.6. The molecule has 0 N–H and O–H groups in total. The van der Waals surface area contributed by atoms with Gasteiger partial charge in [-0.1, -0.05) is 0 Å². The molecule has 0 bridgehead atoms. The van der Waals surface area contributed by atoms with Crippen molar-refractivity contribution in [3.05, 3.63) is 34.4 Å². The number of hydrogen-bond donors (Lipinski definition) is 0. The Hall–Kier alpha value is -1.69. The summed E-state index contributed by atoms with van der Waals surface area (Å²) in [5, 5.41) is 0. The van der Waals surface area contributed by atoms with Gasteiger partial charge < -0.3 is 9.15 Å². The van der Waals surface area contributed by atoms with E-state index < -0.39 is 0 Å². The fraction of sp³-hybridized carbons (Fsp3) is 0.250. The zero-order chi connectivity index (χ0) is 13.7. The van der Waals surface area contributed by atoms with Gasteiger partial charge in [0.1, 0.15) is 0 Å². The summed E-state index contributed by atoms with van der Waals surface area (Å²) in [6, 6.07) is 3.32. The number of carbonyl (C=O) groups is 3. The van der Waals surface area contributed by atoms with Gasteiger partial charge in [-0.3, -0.25) is 14.4 Å². The molecule has 1 aliphatic rings. The fourth-order valence-corrected chi connectivity index (χ4v) is 1.43. The van der Waals surface area contributed by atoms with Gasteiger partial charge in [0, 0.05) is 6.92 Å². The van der Waals surface area contributed by atoms with E-state index in [4.69, 9.17) is 4.42 Å². The van der Waals surface area contributed by atoms with Crippen LogP contribution in [0.15, 0.2) is 33.1 Å². The molecule has 0 aliphatic carbocycles. The van der Waals surface area contributed by atoms with Gasteiger partial charge in [-0.15, -0.1) is 0 Å². The molecule has 96 valence electrons. The van der Waals surface area contributed by atoms with Crippen molar-refractivity contribution in [2.45, 2.75) is 13.8 Å². The molecule has 1 aromatic rings. The first-order valence-electron chi connectivity index (χ1n) is 5.04. The van der Waals surface area contributed by atoms with Crippen molar-refractivity contribution in [3.8, 4) is 0 Å². The van der Waals surface area contributed by atoms with E-state index in [0.29, 0.717) is 10.4 Å². The Morgan fingerprint density at radius 1 is 1.22 bits per heavy atom. The van der Waals surface area contributed by atoms with Gasteiger partial charge in [0.25, 0.3) is 0 Å². The molecule has 1 aromatic heterocycles. The molecular formula is C12H11BrO5. The number of Topliss-reactive ketones (excluding diaryl/α,β-unsaturated/α-hetero) is 3. The molecule has 0 spiro atoms. The highest BCUT2D eigenvalue weighted by Crippen LogP contribution is 2.13. The highest BCUT2D eigenvalue weighted by Gasteiger charge is 2.19. The van der Waals surface area contributed by atoms with Crippen molar-refractivity contribution in [1.29, 1.82) is 0 Å². The average Bonchev–Trinajstić information content (AvgIpc) is 2.87. The maximum atomic E-state index is 10.6. The number of hydrogen-bond acceptors (Lipinski definition) is 5. The van der Waals surface area contributed by atoms with Crippen molar-refractivity contribution < 1.29 is 23.5 Å². The van der Waals surface area contributed by atoms with Gasteiger partial charge in [-0.2, -0.15) is 0 Å². The summed E-state index contributed by atoms with van der Waals surface area (Å²) in [6.45, 7) is 2.83. The second-order valence-electron chi connectivity index (χ2n) is 3.48. The first kappa shape index (κ1) is 14.4. The molecule has 2 rings (SSSR count). The second kappa shape index (κ2) is 6.30. The van der Waals surface area contributed by atoms with Crippen LogP contribution < -0.4 is 0 Å². The Bertz CT molecular complexity index is 512. The van der Waals surface area contributed by atoms with Gasteiger partial charge in [-0.05, 0) is 35.0 Å². The summed E-state index contributed by atoms with van der Waals surface area (Å²) in [5.41, 5.74) is 0.176. The number of rotatable bonds is 2. The van der Waals surface area contributed by atoms with Crippen LogP contribution in [0, 0.1) is 0 Å². The Morgan fingerprint density at radius 3 is 2.11 bits per heavy atom. The highest BCUT2D eigenvalue weighted by atomic mass is 79.9. The molecule has 0 amide bonds. The Kier molecular flexibility index (Phi) is 5.03. The largest absolute Gasteiger partial charge is 0.492 e. The molecule has 6 heteroatoms. The lowest BCUT2D eigenvalue weighted by atomic mass is 10.1. The van der Waals surface area contributed by atoms with Crippen LogP contribution in [0.25, 0.3) is 0 Å². The Morgan fingerprint density at radius 2 is 1.89 bits per heavy atom. The molecular weight excluding hydrogens is 304 g/mol. The van der Waals surface area contributed by atoms with Crippen LogP contribution in [0.1, 0.15) is 24.4 Å². The second-order valence-corrected chi connectivity index (χ2v) is 4.26. The standard InChI is InChI=1S/C6H5BrO2.C6H6O3/c1-4(8)5-2-3-6(7)9-5;1-4(7)5-2-9-3-6(5)8/h2-3H,1H3;2H,3H2,1H3. The van der Waals surface area contributed by atoms with Crippen LogP contribution in [-0.4, -0.2) is 24.0 Å². The normalized spacial score (nSPS) is 13.3. The topological polar surface area (TPSA) is 73.6 Å². The van der Waals surface area contributed by atoms with Crippen LogP contribution in [-0.2, 0) is 14.3 Å². The highest BCUT2D eigenvalue weighted by molar-refractivity contribution is 9.10. The van der Waals surface area contributed by atoms with Gasteiger partial charge in [0.15, 0.2) is 28.6 Å². The Balaban J connectivity index is 0.000000180. The van der Waals surface area contributed by atoms with E-state index in [1.807, 2.05) is 0 Å². The minimum atomic E-state index is -0.225. The fourth-order valence-electron chi connectivity index (χ4n) is 1.13. The first-order valence-corrected chi connectivity index (χ1v) is 5.83. The Labute approximate surface area is 112 Å². The van der Waals surface area contributed by atoms with Crippen LogP contribution in [0.4, 0.5) is 0 Å². The van der Waals surface area contributed by atoms with Gasteiger partial charge in [-0.25, -0.2) is 0 Å². The number of ketones is 3. The third kappa shape index (κ3) is 3.96. The van der Waals surface area contributed by atoms with E-state index >= 15 is 0 Å². The van der Waals surface area contributed by atoms with Crippen LogP contribution in [0.2, 0.25) is 0 Å². The molecule has 1 aliphatic heterocycles. The van der Waals surface area contributed by atoms with E-state index in [-0.39, 0.29) is 29.5 Å². The zero-order valence-corrected chi connectivity index (χ0v) is 11.4. The van der Waals surface area contributed by atoms with Gasteiger partial charge >= 0.3 is 0 Å². The molecule has 0 radical (unpaired) electrons. The van der Waals surface area contributed by atoms with Crippen LogP contribution in [0.5, 0.6) is 0 Å². The summed E-state index contributed by atoms with van der Waals surface area (Å²) in [7, 11) is 0. The van der Waals surface area contributed by atoms with Crippen molar-refractivity contribution in [3.63, 3.8) is 0 Å². The van der Waals surface area contributed by atoms with Crippen molar-refractivity contribution in [2.24, 2.45) is 0 Å². The predicted octanol–water partition coefficient (Wildman–Crippen LogP) is 2.30. The quantitative estimate of drug-likeness (QED) is 0.618. The molecule has 0 saturated carbocycles. The lowest BCUT2D eigenvalue weighted by Gasteiger charge is -1.85. The summed E-state index contributed by atoms with van der Waals surface area (Å²) in [5.74, 6) is -0.109. The lowest BCUT2D eigenvalue weighted by molar-refractivity contribution is -0.120. The number of halogens is 1. The molecule has 5 nitrogen and oxygen atoms in total. The number of carbonyl (C=O) groups excluding carboxylic acids is 3. The van der Waals surface area contributed by atoms with E-state index in [1.165, 1.54) is 20.1 Å². The third-order valence-corrected chi connectivity index (χ3v) is 2.44. The van der Waals surface area contributed by atoms with E-state index in [0.717, 1.165) is 0 Å². The SMILES string of the molecule is CC(=O)C1=COCC1=O.CC(=O)c1ccc(Br)o1. The molecule has 2 heterocycles. The predicted molar refractivity (Wildman–Crippen MR) is 66.1 cm³/mol. The van der Waals surface area contributed by atoms with Crippen molar-refractivity contribution >= 4 is 33.3 Å². The summed E-state index contributed by atoms with van der Waals surface area (Å²) >= 11 is 3.08. The monoisotopic (exact) mass is 314 g/mol. The first-order chi connectivity index (χ1) is 8.41. The van der Waals surface area contributed by atoms with Crippen molar-refractivity contribution in [2.75, 3.05) is 6.61 Å². The molecule has 0 saturated heterocycles. The number of furan rings is 1. The number of ether oxygens (including phenoxy) is 1.